The largest absolute Gasteiger partial charge is 0.486 e. The number of rotatable bonds is 4. The maximum Gasteiger partial charge on any atom is 0.195 e. The van der Waals surface area contributed by atoms with Gasteiger partial charge in [0.1, 0.15) is 19.0 Å². The fourth-order valence-corrected chi connectivity index (χ4v) is 2.48. The van der Waals surface area contributed by atoms with E-state index in [0.29, 0.717) is 46.5 Å². The zero-order valence-electron chi connectivity index (χ0n) is 12.6. The van der Waals surface area contributed by atoms with Gasteiger partial charge in [0.2, 0.25) is 0 Å². The first kappa shape index (κ1) is 16.6. The molecule has 1 aliphatic rings. The van der Waals surface area contributed by atoms with E-state index in [0.717, 1.165) is 0 Å². The predicted octanol–water partition coefficient (Wildman–Crippen LogP) is 3.57. The summed E-state index contributed by atoms with van der Waals surface area (Å²) >= 11 is 11.6. The first-order valence-corrected chi connectivity index (χ1v) is 8.12. The summed E-state index contributed by atoms with van der Waals surface area (Å²) in [7, 11) is 0. The van der Waals surface area contributed by atoms with Crippen molar-refractivity contribution in [2.75, 3.05) is 19.1 Å². The van der Waals surface area contributed by atoms with Crippen LogP contribution in [-0.2, 0) is 0 Å². The maximum atomic E-state index is 12.9. The van der Waals surface area contributed by atoms with Gasteiger partial charge in [-0.05, 0) is 30.3 Å². The Labute approximate surface area is 149 Å². The molecule has 0 amide bonds. The summed E-state index contributed by atoms with van der Waals surface area (Å²) in [5.74, 6) is 1.07. The molecule has 2 aromatic carbocycles. The van der Waals surface area contributed by atoms with Crippen LogP contribution in [0.25, 0.3) is 0 Å². The third-order valence-electron chi connectivity index (χ3n) is 3.41. The molecule has 1 aliphatic heterocycles. The molecule has 0 bridgehead atoms. The summed E-state index contributed by atoms with van der Waals surface area (Å²) in [6.07, 6.45) is 0. The molecule has 0 atom stereocenters. The fraction of sp³-hybridized carbons (Fsp3) is 0.176. The summed E-state index contributed by atoms with van der Waals surface area (Å²) in [5, 5.41) is 0.554. The monoisotopic (exact) mass is 364 g/mol. The number of nitrogens with zero attached hydrogens (tertiary/aromatic N) is 1. The van der Waals surface area contributed by atoms with Crippen LogP contribution in [0, 0.1) is 0 Å². The number of benzene rings is 2. The van der Waals surface area contributed by atoms with Gasteiger partial charge < -0.3 is 15.2 Å². The van der Waals surface area contributed by atoms with Crippen molar-refractivity contribution < 1.29 is 14.3 Å². The van der Waals surface area contributed by atoms with Crippen LogP contribution in [0.4, 0.5) is 5.69 Å². The van der Waals surface area contributed by atoms with E-state index < -0.39 is 0 Å². The average molecular weight is 365 g/mol. The summed E-state index contributed by atoms with van der Waals surface area (Å²) in [6.45, 7) is 0.861. The molecule has 0 unspecified atom stereocenters. The second-order valence-corrected chi connectivity index (χ2v) is 5.79. The molecular weight excluding hydrogens is 351 g/mol. The van der Waals surface area contributed by atoms with Crippen LogP contribution in [0.2, 0.25) is 5.02 Å². The molecule has 3 rings (SSSR count). The van der Waals surface area contributed by atoms with Crippen LogP contribution < -0.4 is 15.2 Å². The lowest BCUT2D eigenvalue weighted by Gasteiger charge is -2.20. The molecular formula is C17H14Cl2N2O3. The molecule has 24 heavy (non-hydrogen) atoms. The van der Waals surface area contributed by atoms with Gasteiger partial charge in [-0.2, -0.15) is 0 Å². The zero-order chi connectivity index (χ0) is 17.1. The van der Waals surface area contributed by atoms with Crippen LogP contribution >= 0.6 is 23.2 Å². The van der Waals surface area contributed by atoms with Gasteiger partial charge in [0, 0.05) is 16.7 Å². The van der Waals surface area contributed by atoms with E-state index in [-0.39, 0.29) is 17.5 Å². The number of carbonyl (C=O) groups is 1. The number of ketones is 1. The Balaban J connectivity index is 2.10. The highest BCUT2D eigenvalue weighted by Crippen LogP contribution is 2.38. The molecule has 0 aliphatic carbocycles. The molecule has 0 spiro atoms. The highest BCUT2D eigenvalue weighted by molar-refractivity contribution is 6.30. The maximum absolute atomic E-state index is 12.9. The van der Waals surface area contributed by atoms with Gasteiger partial charge in [-0.25, -0.2) is 4.99 Å². The number of alkyl halides is 1. The molecule has 0 fully saturated rings. The number of hydrogen-bond donors (Lipinski definition) is 1. The molecule has 124 valence electrons. The Morgan fingerprint density at radius 3 is 2.38 bits per heavy atom. The minimum absolute atomic E-state index is 0.0585. The van der Waals surface area contributed by atoms with Gasteiger partial charge in [0.25, 0.3) is 0 Å². The van der Waals surface area contributed by atoms with Crippen molar-refractivity contribution in [3.63, 3.8) is 0 Å². The smallest absolute Gasteiger partial charge is 0.195 e. The SMILES string of the molecule is NC(CCl)=Nc1cc2c(cc1C(=O)c1ccc(Cl)cc1)OCCO2. The number of hydrogen-bond acceptors (Lipinski definition) is 4. The van der Waals surface area contributed by atoms with Gasteiger partial charge in [-0.3, -0.25) is 4.79 Å². The number of aliphatic imine (C=N–C) groups is 1. The summed E-state index contributed by atoms with van der Waals surface area (Å²) in [6, 6.07) is 9.87. The van der Waals surface area contributed by atoms with Crippen molar-refractivity contribution in [1.82, 2.24) is 0 Å². The van der Waals surface area contributed by atoms with Crippen molar-refractivity contribution >= 4 is 40.5 Å². The molecule has 0 aromatic heterocycles. The Bertz CT molecular complexity index is 804. The van der Waals surface area contributed by atoms with E-state index in [4.69, 9.17) is 38.4 Å². The van der Waals surface area contributed by atoms with Crippen LogP contribution in [0.1, 0.15) is 15.9 Å². The second kappa shape index (κ2) is 7.11. The standard InChI is InChI=1S/C17H14Cl2N2O3/c18-9-16(20)21-13-8-15-14(23-5-6-24-15)7-12(13)17(22)10-1-3-11(19)4-2-10/h1-4,7-8H,5-6,9H2,(H2,20,21). The van der Waals surface area contributed by atoms with Crippen molar-refractivity contribution in [2.45, 2.75) is 0 Å². The van der Waals surface area contributed by atoms with E-state index >= 15 is 0 Å². The molecule has 2 N–H and O–H groups in total. The number of ether oxygens (including phenoxy) is 2. The molecule has 0 radical (unpaired) electrons. The van der Waals surface area contributed by atoms with Crippen LogP contribution in [-0.4, -0.2) is 30.7 Å². The molecule has 0 saturated heterocycles. The normalized spacial score (nSPS) is 13.7. The van der Waals surface area contributed by atoms with Crippen molar-refractivity contribution in [2.24, 2.45) is 10.7 Å². The van der Waals surface area contributed by atoms with Crippen molar-refractivity contribution in [3.8, 4) is 11.5 Å². The number of fused-ring (bicyclic) bond motifs is 1. The van der Waals surface area contributed by atoms with Gasteiger partial charge in [-0.1, -0.05) is 11.6 Å². The van der Waals surface area contributed by atoms with E-state index in [1.807, 2.05) is 0 Å². The Kier molecular flexibility index (Phi) is 4.92. The first-order valence-electron chi connectivity index (χ1n) is 7.21. The Morgan fingerprint density at radius 2 is 1.75 bits per heavy atom. The molecule has 2 aromatic rings. The van der Waals surface area contributed by atoms with Crippen LogP contribution in [0.15, 0.2) is 41.4 Å². The third kappa shape index (κ3) is 3.47. The topological polar surface area (TPSA) is 73.9 Å². The summed E-state index contributed by atoms with van der Waals surface area (Å²) in [4.78, 5) is 17.1. The summed E-state index contributed by atoms with van der Waals surface area (Å²) < 4.78 is 11.1. The quantitative estimate of drug-likeness (QED) is 0.389. The van der Waals surface area contributed by atoms with Crippen LogP contribution in [0.3, 0.4) is 0 Å². The zero-order valence-corrected chi connectivity index (χ0v) is 14.1. The minimum Gasteiger partial charge on any atom is -0.486 e. The van der Waals surface area contributed by atoms with E-state index in [1.165, 1.54) is 0 Å². The predicted molar refractivity (Wildman–Crippen MR) is 94.3 cm³/mol. The Morgan fingerprint density at radius 1 is 1.12 bits per heavy atom. The number of halogens is 2. The van der Waals surface area contributed by atoms with Crippen molar-refractivity contribution in [1.29, 1.82) is 0 Å². The fourth-order valence-electron chi connectivity index (χ4n) is 2.29. The number of amidine groups is 1. The van der Waals surface area contributed by atoms with Gasteiger partial charge in [0.15, 0.2) is 17.3 Å². The molecule has 7 heteroatoms. The van der Waals surface area contributed by atoms with E-state index in [9.17, 15) is 4.79 Å². The first-order chi connectivity index (χ1) is 11.6. The lowest BCUT2D eigenvalue weighted by molar-refractivity contribution is 0.103. The lowest BCUT2D eigenvalue weighted by Crippen LogP contribution is -2.17. The second-order valence-electron chi connectivity index (χ2n) is 5.09. The number of nitrogens with two attached hydrogens (primary N) is 1. The number of carbonyl (C=O) groups excluding carboxylic acids is 1. The van der Waals surface area contributed by atoms with E-state index in [1.54, 1.807) is 36.4 Å². The van der Waals surface area contributed by atoms with Crippen LogP contribution in [0.5, 0.6) is 11.5 Å². The van der Waals surface area contributed by atoms with Gasteiger partial charge >= 0.3 is 0 Å². The highest BCUT2D eigenvalue weighted by atomic mass is 35.5. The highest BCUT2D eigenvalue weighted by Gasteiger charge is 2.21. The van der Waals surface area contributed by atoms with Gasteiger partial charge in [-0.15, -0.1) is 11.6 Å². The summed E-state index contributed by atoms with van der Waals surface area (Å²) in [5.41, 5.74) is 6.95. The Hall–Kier alpha value is -2.24. The molecule has 5 nitrogen and oxygen atoms in total. The van der Waals surface area contributed by atoms with Crippen molar-refractivity contribution in [3.05, 3.63) is 52.5 Å². The van der Waals surface area contributed by atoms with E-state index in [2.05, 4.69) is 4.99 Å². The molecule has 0 saturated carbocycles. The minimum atomic E-state index is -0.218. The molecule has 1 heterocycles. The van der Waals surface area contributed by atoms with Gasteiger partial charge in [0.05, 0.1) is 17.1 Å². The third-order valence-corrected chi connectivity index (χ3v) is 3.94. The average Bonchev–Trinajstić information content (AvgIpc) is 2.61. The lowest BCUT2D eigenvalue weighted by atomic mass is 10.0.